The Bertz CT molecular complexity index is 682. The number of thioether (sulfide) groups is 1. The average Bonchev–Trinajstić information content (AvgIpc) is 2.93. The number of hydrogen-bond donors (Lipinski definition) is 1. The Morgan fingerprint density at radius 2 is 1.89 bits per heavy atom. The first-order chi connectivity index (χ1) is 13.1. The minimum absolute atomic E-state index is 0.0470. The van der Waals surface area contributed by atoms with Gasteiger partial charge in [0.25, 0.3) is 0 Å². The second-order valence-corrected chi connectivity index (χ2v) is 7.61. The summed E-state index contributed by atoms with van der Waals surface area (Å²) in [5.41, 5.74) is 0.840. The maximum atomic E-state index is 12.0. The molecule has 0 radical (unpaired) electrons. The molecule has 148 valence electrons. The number of ether oxygens (including phenoxy) is 3. The van der Waals surface area contributed by atoms with Gasteiger partial charge in [0.2, 0.25) is 11.8 Å². The SMILES string of the molecule is O=C(CSCC(=O)N1CCOCC1)NCc1cc(Cl)c2c(c1)OCCCO2. The van der Waals surface area contributed by atoms with E-state index in [0.29, 0.717) is 68.3 Å². The summed E-state index contributed by atoms with van der Waals surface area (Å²) < 4.78 is 16.5. The van der Waals surface area contributed by atoms with Crippen LogP contribution in [-0.4, -0.2) is 67.7 Å². The van der Waals surface area contributed by atoms with Crippen LogP contribution >= 0.6 is 23.4 Å². The van der Waals surface area contributed by atoms with Gasteiger partial charge in [-0.05, 0) is 17.7 Å². The average molecular weight is 415 g/mol. The van der Waals surface area contributed by atoms with Crippen LogP contribution in [0.3, 0.4) is 0 Å². The molecule has 0 aliphatic carbocycles. The summed E-state index contributed by atoms with van der Waals surface area (Å²) in [5, 5.41) is 3.32. The highest BCUT2D eigenvalue weighted by atomic mass is 35.5. The van der Waals surface area contributed by atoms with E-state index in [-0.39, 0.29) is 17.6 Å². The second-order valence-electron chi connectivity index (χ2n) is 6.22. The number of carbonyl (C=O) groups is 2. The number of hydrogen-bond acceptors (Lipinski definition) is 6. The monoisotopic (exact) mass is 414 g/mol. The third-order valence-corrected chi connectivity index (χ3v) is 5.37. The number of halogens is 1. The molecule has 0 atom stereocenters. The highest BCUT2D eigenvalue weighted by molar-refractivity contribution is 8.00. The fraction of sp³-hybridized carbons (Fsp3) is 0.556. The van der Waals surface area contributed by atoms with Crippen LogP contribution in [0.25, 0.3) is 0 Å². The van der Waals surface area contributed by atoms with Crippen LogP contribution in [-0.2, 0) is 20.9 Å². The number of benzene rings is 1. The molecule has 2 amide bonds. The van der Waals surface area contributed by atoms with Gasteiger partial charge in [-0.15, -0.1) is 11.8 Å². The zero-order valence-corrected chi connectivity index (χ0v) is 16.6. The molecular weight excluding hydrogens is 392 g/mol. The lowest BCUT2D eigenvalue weighted by Crippen LogP contribution is -2.41. The van der Waals surface area contributed by atoms with E-state index in [0.717, 1.165) is 12.0 Å². The van der Waals surface area contributed by atoms with Gasteiger partial charge in [0.05, 0.1) is 43.0 Å². The lowest BCUT2D eigenvalue weighted by Gasteiger charge is -2.26. The molecule has 0 unspecified atom stereocenters. The Morgan fingerprint density at radius 3 is 2.70 bits per heavy atom. The van der Waals surface area contributed by atoms with Gasteiger partial charge in [0.15, 0.2) is 11.5 Å². The Balaban J connectivity index is 1.42. The van der Waals surface area contributed by atoms with Gasteiger partial charge in [0.1, 0.15) is 0 Å². The number of morpholine rings is 1. The van der Waals surface area contributed by atoms with Gasteiger partial charge in [-0.1, -0.05) is 11.6 Å². The predicted molar refractivity (Wildman–Crippen MR) is 104 cm³/mol. The molecule has 0 bridgehead atoms. The number of nitrogens with zero attached hydrogens (tertiary/aromatic N) is 1. The number of carbonyl (C=O) groups excluding carboxylic acids is 2. The summed E-state index contributed by atoms with van der Waals surface area (Å²) in [7, 11) is 0. The number of rotatable bonds is 6. The Hall–Kier alpha value is -1.64. The minimum atomic E-state index is -0.127. The van der Waals surface area contributed by atoms with E-state index < -0.39 is 0 Å². The third kappa shape index (κ3) is 5.92. The van der Waals surface area contributed by atoms with E-state index in [2.05, 4.69) is 5.32 Å². The van der Waals surface area contributed by atoms with Crippen LogP contribution in [0.15, 0.2) is 12.1 Å². The molecule has 2 aliphatic heterocycles. The topological polar surface area (TPSA) is 77.1 Å². The lowest BCUT2D eigenvalue weighted by atomic mass is 10.2. The van der Waals surface area contributed by atoms with Crippen molar-refractivity contribution in [2.24, 2.45) is 0 Å². The van der Waals surface area contributed by atoms with Crippen molar-refractivity contribution in [3.63, 3.8) is 0 Å². The highest BCUT2D eigenvalue weighted by Gasteiger charge is 2.18. The normalized spacial score (nSPS) is 16.6. The Morgan fingerprint density at radius 1 is 1.11 bits per heavy atom. The molecule has 1 fully saturated rings. The van der Waals surface area contributed by atoms with Gasteiger partial charge >= 0.3 is 0 Å². The molecule has 1 aromatic carbocycles. The molecule has 1 N–H and O–H groups in total. The van der Waals surface area contributed by atoms with Crippen molar-refractivity contribution in [1.82, 2.24) is 10.2 Å². The Labute approximate surface area is 167 Å². The van der Waals surface area contributed by atoms with Crippen LogP contribution in [0.4, 0.5) is 0 Å². The van der Waals surface area contributed by atoms with Crippen LogP contribution in [0, 0.1) is 0 Å². The summed E-state index contributed by atoms with van der Waals surface area (Å²) >= 11 is 7.57. The van der Waals surface area contributed by atoms with Crippen molar-refractivity contribution in [3.05, 3.63) is 22.7 Å². The van der Waals surface area contributed by atoms with E-state index in [1.54, 1.807) is 11.0 Å². The van der Waals surface area contributed by atoms with Crippen LogP contribution in [0.5, 0.6) is 11.5 Å². The van der Waals surface area contributed by atoms with Crippen molar-refractivity contribution in [2.45, 2.75) is 13.0 Å². The number of amides is 2. The minimum Gasteiger partial charge on any atom is -0.489 e. The van der Waals surface area contributed by atoms with Crippen molar-refractivity contribution in [2.75, 3.05) is 51.0 Å². The summed E-state index contributed by atoms with van der Waals surface area (Å²) in [5.74, 6) is 1.61. The summed E-state index contributed by atoms with van der Waals surface area (Å²) in [6.07, 6.45) is 0.803. The van der Waals surface area contributed by atoms with Crippen LogP contribution in [0.2, 0.25) is 5.02 Å². The van der Waals surface area contributed by atoms with Gasteiger partial charge in [-0.3, -0.25) is 9.59 Å². The molecule has 2 heterocycles. The second kappa shape index (κ2) is 10.1. The molecule has 1 aromatic rings. The lowest BCUT2D eigenvalue weighted by molar-refractivity contribution is -0.132. The standard InChI is InChI=1S/C18H23ClN2O5S/c19-14-8-13(9-15-18(14)26-5-1-4-25-15)10-20-16(22)11-27-12-17(23)21-2-6-24-7-3-21/h8-9H,1-7,10-12H2,(H,20,22). The summed E-state index contributed by atoms with van der Waals surface area (Å²) in [4.78, 5) is 25.8. The molecule has 7 nitrogen and oxygen atoms in total. The first-order valence-electron chi connectivity index (χ1n) is 8.91. The van der Waals surface area contributed by atoms with E-state index in [4.69, 9.17) is 25.8 Å². The first-order valence-corrected chi connectivity index (χ1v) is 10.4. The summed E-state index contributed by atoms with van der Waals surface area (Å²) in [6.45, 7) is 3.89. The molecule has 27 heavy (non-hydrogen) atoms. The molecule has 0 spiro atoms. The van der Waals surface area contributed by atoms with Crippen molar-refractivity contribution < 1.29 is 23.8 Å². The first kappa shape index (κ1) is 20.1. The fourth-order valence-electron chi connectivity index (χ4n) is 2.77. The van der Waals surface area contributed by atoms with Gasteiger partial charge in [-0.25, -0.2) is 0 Å². The van der Waals surface area contributed by atoms with Crippen molar-refractivity contribution >= 4 is 35.2 Å². The largest absolute Gasteiger partial charge is 0.489 e. The third-order valence-electron chi connectivity index (χ3n) is 4.17. The van der Waals surface area contributed by atoms with E-state index in [1.165, 1.54) is 11.8 Å². The molecule has 0 aromatic heterocycles. The molecule has 0 saturated carbocycles. The quantitative estimate of drug-likeness (QED) is 0.763. The maximum Gasteiger partial charge on any atom is 0.232 e. The smallest absolute Gasteiger partial charge is 0.232 e. The van der Waals surface area contributed by atoms with Crippen molar-refractivity contribution in [1.29, 1.82) is 0 Å². The van der Waals surface area contributed by atoms with Crippen LogP contribution < -0.4 is 14.8 Å². The number of fused-ring (bicyclic) bond motifs is 1. The summed E-state index contributed by atoms with van der Waals surface area (Å²) in [6, 6.07) is 3.60. The predicted octanol–water partition coefficient (Wildman–Crippen LogP) is 1.71. The van der Waals surface area contributed by atoms with Gasteiger partial charge < -0.3 is 24.4 Å². The zero-order valence-electron chi connectivity index (χ0n) is 15.0. The van der Waals surface area contributed by atoms with E-state index in [1.807, 2.05) is 6.07 Å². The molecule has 2 aliphatic rings. The Kier molecular flexibility index (Phi) is 7.49. The maximum absolute atomic E-state index is 12.0. The molecular formula is C18H23ClN2O5S. The number of nitrogens with one attached hydrogen (secondary N) is 1. The molecule has 3 rings (SSSR count). The molecule has 9 heteroatoms. The van der Waals surface area contributed by atoms with Crippen molar-refractivity contribution in [3.8, 4) is 11.5 Å². The van der Waals surface area contributed by atoms with Crippen LogP contribution in [0.1, 0.15) is 12.0 Å². The van der Waals surface area contributed by atoms with E-state index in [9.17, 15) is 9.59 Å². The zero-order chi connectivity index (χ0) is 19.1. The van der Waals surface area contributed by atoms with Gasteiger partial charge in [-0.2, -0.15) is 0 Å². The van der Waals surface area contributed by atoms with E-state index >= 15 is 0 Å². The van der Waals surface area contributed by atoms with Gasteiger partial charge in [0, 0.05) is 26.1 Å². The highest BCUT2D eigenvalue weighted by Crippen LogP contribution is 2.37. The molecule has 1 saturated heterocycles. The fourth-order valence-corrected chi connectivity index (χ4v) is 3.81.